The Morgan fingerprint density at radius 1 is 1.06 bits per heavy atom. The lowest BCUT2D eigenvalue weighted by molar-refractivity contribution is -0.888. The first-order chi connectivity index (χ1) is 8.25. The van der Waals surface area contributed by atoms with Crippen molar-refractivity contribution in [2.45, 2.75) is 6.92 Å². The van der Waals surface area contributed by atoms with E-state index in [2.05, 4.69) is 0 Å². The molecule has 0 saturated carbocycles. The molecule has 1 N–H and O–H groups in total. The average molecular weight is 226 g/mol. The highest BCUT2D eigenvalue weighted by molar-refractivity contribution is 5.76. The van der Waals surface area contributed by atoms with E-state index in [1.807, 2.05) is 55.5 Å². The predicted octanol–water partition coefficient (Wildman–Crippen LogP) is 2.93. The molecule has 3 heteroatoms. The van der Waals surface area contributed by atoms with Gasteiger partial charge in [-0.3, -0.25) is 5.21 Å². The molecule has 0 unspecified atom stereocenters. The molecule has 0 aliphatic carbocycles. The van der Waals surface area contributed by atoms with Crippen LogP contribution in [0.5, 0.6) is 0 Å². The van der Waals surface area contributed by atoms with Crippen LogP contribution in [-0.4, -0.2) is 5.21 Å². The summed E-state index contributed by atoms with van der Waals surface area (Å²) in [6.07, 6.45) is 0. The normalized spacial score (nSPS) is 10.9. The van der Waals surface area contributed by atoms with Gasteiger partial charge in [0, 0.05) is 23.3 Å². The molecular formula is C14H12NO2+. The van der Waals surface area contributed by atoms with Crippen LogP contribution >= 0.6 is 0 Å². The van der Waals surface area contributed by atoms with E-state index in [9.17, 15) is 5.21 Å². The van der Waals surface area contributed by atoms with Crippen LogP contribution in [0.15, 0.2) is 52.9 Å². The van der Waals surface area contributed by atoms with Crippen LogP contribution in [0.1, 0.15) is 5.69 Å². The number of fused-ring (bicyclic) bond motifs is 1. The van der Waals surface area contributed by atoms with Gasteiger partial charge in [0.1, 0.15) is 5.76 Å². The monoisotopic (exact) mass is 226 g/mol. The maximum absolute atomic E-state index is 9.88. The highest BCUT2D eigenvalue weighted by atomic mass is 16.5. The molecule has 0 aliphatic rings. The SMILES string of the molecule is Cc1ccc2oc(-c3ccccc3)cc2[n+]1O. The first kappa shape index (κ1) is 9.90. The van der Waals surface area contributed by atoms with Gasteiger partial charge in [0.05, 0.1) is 6.07 Å². The second-order valence-electron chi connectivity index (χ2n) is 4.01. The molecule has 0 spiro atoms. The summed E-state index contributed by atoms with van der Waals surface area (Å²) in [7, 11) is 0. The quantitative estimate of drug-likeness (QED) is 0.511. The fourth-order valence-corrected chi connectivity index (χ4v) is 1.88. The number of furan rings is 1. The van der Waals surface area contributed by atoms with Gasteiger partial charge in [0.15, 0.2) is 0 Å². The highest BCUT2D eigenvalue weighted by Gasteiger charge is 2.17. The van der Waals surface area contributed by atoms with Crippen molar-refractivity contribution in [2.75, 3.05) is 0 Å². The van der Waals surface area contributed by atoms with Crippen molar-refractivity contribution in [1.29, 1.82) is 0 Å². The van der Waals surface area contributed by atoms with E-state index in [1.54, 1.807) is 0 Å². The lowest BCUT2D eigenvalue weighted by Crippen LogP contribution is -2.33. The van der Waals surface area contributed by atoms with E-state index in [4.69, 9.17) is 4.42 Å². The lowest BCUT2D eigenvalue weighted by Gasteiger charge is -1.92. The van der Waals surface area contributed by atoms with E-state index in [0.717, 1.165) is 21.7 Å². The van der Waals surface area contributed by atoms with E-state index in [-0.39, 0.29) is 0 Å². The van der Waals surface area contributed by atoms with Gasteiger partial charge in [-0.2, -0.15) is 0 Å². The smallest absolute Gasteiger partial charge is 0.303 e. The van der Waals surface area contributed by atoms with E-state index < -0.39 is 0 Å². The van der Waals surface area contributed by atoms with E-state index >= 15 is 0 Å². The lowest BCUT2D eigenvalue weighted by atomic mass is 10.2. The maximum atomic E-state index is 9.88. The topological polar surface area (TPSA) is 37.2 Å². The van der Waals surface area contributed by atoms with Gasteiger partial charge in [-0.25, -0.2) is 0 Å². The number of pyridine rings is 1. The fourth-order valence-electron chi connectivity index (χ4n) is 1.88. The Balaban J connectivity index is 2.24. The molecule has 1 aromatic carbocycles. The molecule has 84 valence electrons. The summed E-state index contributed by atoms with van der Waals surface area (Å²) >= 11 is 0. The molecule has 0 fully saturated rings. The molecule has 2 aromatic heterocycles. The Morgan fingerprint density at radius 3 is 2.59 bits per heavy atom. The third kappa shape index (κ3) is 1.56. The number of hydrogen-bond donors (Lipinski definition) is 1. The molecule has 0 radical (unpaired) electrons. The van der Waals surface area contributed by atoms with Gasteiger partial charge in [-0.15, -0.1) is 0 Å². The van der Waals surface area contributed by atoms with Gasteiger partial charge in [0.2, 0.25) is 11.3 Å². The standard InChI is InChI=1S/C14H12NO2/c1-10-7-8-13-12(15(10)16)9-14(17-13)11-5-3-2-4-6-11/h2-9,16H,1H3/q+1. The van der Waals surface area contributed by atoms with Gasteiger partial charge >= 0.3 is 5.52 Å². The predicted molar refractivity (Wildman–Crippen MR) is 63.8 cm³/mol. The minimum Gasteiger partial charge on any atom is -0.449 e. The molecule has 0 amide bonds. The summed E-state index contributed by atoms with van der Waals surface area (Å²) in [6.45, 7) is 1.84. The third-order valence-electron chi connectivity index (χ3n) is 2.84. The van der Waals surface area contributed by atoms with Crippen LogP contribution < -0.4 is 4.73 Å². The van der Waals surface area contributed by atoms with Crippen LogP contribution in [0.25, 0.3) is 22.4 Å². The molecule has 0 aliphatic heterocycles. The Kier molecular flexibility index (Phi) is 2.11. The molecular weight excluding hydrogens is 214 g/mol. The van der Waals surface area contributed by atoms with Crippen molar-refractivity contribution >= 4 is 11.1 Å². The van der Waals surface area contributed by atoms with Gasteiger partial charge in [-0.05, 0) is 6.07 Å². The highest BCUT2D eigenvalue weighted by Crippen LogP contribution is 2.25. The zero-order valence-electron chi connectivity index (χ0n) is 9.42. The van der Waals surface area contributed by atoms with Gasteiger partial charge in [0.25, 0.3) is 0 Å². The van der Waals surface area contributed by atoms with Crippen LogP contribution in [0.2, 0.25) is 0 Å². The molecule has 0 atom stereocenters. The number of hydrogen-bond acceptors (Lipinski definition) is 2. The minimum absolute atomic E-state index is 0.678. The average Bonchev–Trinajstić information content (AvgIpc) is 2.80. The molecule has 0 bridgehead atoms. The van der Waals surface area contributed by atoms with Crippen LogP contribution in [0.4, 0.5) is 0 Å². The number of rotatable bonds is 1. The van der Waals surface area contributed by atoms with Crippen molar-refractivity contribution in [3.8, 4) is 11.3 Å². The van der Waals surface area contributed by atoms with Gasteiger partial charge < -0.3 is 4.42 Å². The molecule has 3 nitrogen and oxygen atoms in total. The Bertz CT molecular complexity index is 671. The minimum atomic E-state index is 0.678. The largest absolute Gasteiger partial charge is 0.449 e. The summed E-state index contributed by atoms with van der Waals surface area (Å²) in [5, 5.41) is 9.88. The number of aryl methyl sites for hydroxylation is 1. The molecule has 17 heavy (non-hydrogen) atoms. The second kappa shape index (κ2) is 3.63. The summed E-state index contributed by atoms with van der Waals surface area (Å²) in [5.74, 6) is 0.758. The molecule has 2 heterocycles. The van der Waals surface area contributed by atoms with Crippen LogP contribution in [-0.2, 0) is 0 Å². The number of nitrogens with zero attached hydrogens (tertiary/aromatic N) is 1. The summed E-state index contributed by atoms with van der Waals surface area (Å²) in [4.78, 5) is 0. The van der Waals surface area contributed by atoms with Gasteiger partial charge in [-0.1, -0.05) is 30.3 Å². The fraction of sp³-hybridized carbons (Fsp3) is 0.0714. The Labute approximate surface area is 98.5 Å². The van der Waals surface area contributed by atoms with Crippen molar-refractivity contribution in [1.82, 2.24) is 0 Å². The van der Waals surface area contributed by atoms with Crippen LogP contribution in [0, 0.1) is 6.92 Å². The zero-order chi connectivity index (χ0) is 11.8. The van der Waals surface area contributed by atoms with E-state index in [1.165, 1.54) is 0 Å². The second-order valence-corrected chi connectivity index (χ2v) is 4.01. The summed E-state index contributed by atoms with van der Waals surface area (Å²) in [6, 6.07) is 15.4. The van der Waals surface area contributed by atoms with Crippen molar-refractivity contribution in [2.24, 2.45) is 0 Å². The molecule has 3 aromatic rings. The zero-order valence-corrected chi connectivity index (χ0v) is 9.42. The Morgan fingerprint density at radius 2 is 1.82 bits per heavy atom. The van der Waals surface area contributed by atoms with E-state index in [0.29, 0.717) is 11.1 Å². The summed E-state index contributed by atoms with van der Waals surface area (Å²) < 4.78 is 6.85. The summed E-state index contributed by atoms with van der Waals surface area (Å²) in [5.41, 5.74) is 3.14. The van der Waals surface area contributed by atoms with Crippen molar-refractivity contribution < 1.29 is 14.4 Å². The third-order valence-corrected chi connectivity index (χ3v) is 2.84. The number of benzene rings is 1. The van der Waals surface area contributed by atoms with Crippen molar-refractivity contribution in [3.05, 3.63) is 54.2 Å². The van der Waals surface area contributed by atoms with Crippen molar-refractivity contribution in [3.63, 3.8) is 0 Å². The molecule has 0 saturated heterocycles. The first-order valence-corrected chi connectivity index (χ1v) is 5.45. The number of aromatic nitrogens is 1. The maximum Gasteiger partial charge on any atom is 0.303 e. The first-order valence-electron chi connectivity index (χ1n) is 5.45. The van der Waals surface area contributed by atoms with Crippen LogP contribution in [0.3, 0.4) is 0 Å². The molecule has 3 rings (SSSR count). The Hall–Kier alpha value is -2.29.